The Morgan fingerprint density at radius 2 is 1.64 bits per heavy atom. The van der Waals surface area contributed by atoms with Crippen molar-refractivity contribution in [3.63, 3.8) is 0 Å². The van der Waals surface area contributed by atoms with Crippen LogP contribution in [0.3, 0.4) is 0 Å². The van der Waals surface area contributed by atoms with Crippen molar-refractivity contribution < 1.29 is 19.4 Å². The molecule has 1 amide bonds. The summed E-state index contributed by atoms with van der Waals surface area (Å²) in [6.07, 6.45) is -0.127. The van der Waals surface area contributed by atoms with Crippen LogP contribution in [0, 0.1) is 0 Å². The Morgan fingerprint density at radius 1 is 0.944 bits per heavy atom. The molecule has 2 N–H and O–H groups in total. The van der Waals surface area contributed by atoms with Crippen molar-refractivity contribution in [3.8, 4) is 28.3 Å². The number of carboxylic acid groups (broad SMARTS) is 1. The molecule has 7 nitrogen and oxygen atoms in total. The first-order chi connectivity index (χ1) is 17.3. The average Bonchev–Trinajstić information content (AvgIpc) is 3.29. The van der Waals surface area contributed by atoms with E-state index in [0.29, 0.717) is 22.2 Å². The van der Waals surface area contributed by atoms with E-state index in [0.717, 1.165) is 33.8 Å². The van der Waals surface area contributed by atoms with Crippen LogP contribution in [0.2, 0.25) is 10.0 Å². The zero-order chi connectivity index (χ0) is 25.7. The van der Waals surface area contributed by atoms with E-state index in [9.17, 15) is 9.59 Å². The van der Waals surface area contributed by atoms with Gasteiger partial charge in [0.15, 0.2) is 0 Å². The lowest BCUT2D eigenvalue weighted by molar-refractivity contribution is -0.136. The van der Waals surface area contributed by atoms with Crippen LogP contribution in [0.25, 0.3) is 22.5 Å². The van der Waals surface area contributed by atoms with Gasteiger partial charge in [-0.2, -0.15) is 5.10 Å². The lowest BCUT2D eigenvalue weighted by Crippen LogP contribution is -2.25. The Bertz CT molecular complexity index is 1380. The molecule has 0 unspecified atom stereocenters. The molecule has 1 heterocycles. The summed E-state index contributed by atoms with van der Waals surface area (Å²) >= 11 is 12.3. The minimum Gasteiger partial charge on any atom is -0.497 e. The molecule has 0 spiro atoms. The average molecular weight is 524 g/mol. The van der Waals surface area contributed by atoms with Crippen LogP contribution in [0.4, 0.5) is 0 Å². The third-order valence-corrected chi connectivity index (χ3v) is 6.29. The van der Waals surface area contributed by atoms with Gasteiger partial charge in [-0.15, -0.1) is 0 Å². The van der Waals surface area contributed by atoms with Gasteiger partial charge in [0.25, 0.3) is 5.91 Å². The predicted octanol–water partition coefficient (Wildman–Crippen LogP) is 5.79. The van der Waals surface area contributed by atoms with Crippen LogP contribution in [-0.4, -0.2) is 40.4 Å². The van der Waals surface area contributed by atoms with Gasteiger partial charge in [0.1, 0.15) is 5.75 Å². The summed E-state index contributed by atoms with van der Waals surface area (Å²) in [5, 5.41) is 17.1. The lowest BCUT2D eigenvalue weighted by Gasteiger charge is -2.10. The number of rotatable bonds is 9. The summed E-state index contributed by atoms with van der Waals surface area (Å²) in [6, 6.07) is 22.2. The van der Waals surface area contributed by atoms with E-state index in [1.807, 2.05) is 53.2 Å². The largest absolute Gasteiger partial charge is 0.497 e. The molecular formula is C27H23Cl2N3O4. The van der Waals surface area contributed by atoms with E-state index < -0.39 is 5.97 Å². The van der Waals surface area contributed by atoms with Crippen molar-refractivity contribution in [1.82, 2.24) is 15.1 Å². The SMILES string of the molecule is COc1ccc(-c2cc(-c3ccc(Cl)c(Cl)c3)nn2Cc2ccc(C(=O)NCCC(=O)O)cc2)cc1. The fourth-order valence-electron chi connectivity index (χ4n) is 3.65. The summed E-state index contributed by atoms with van der Waals surface area (Å²) in [4.78, 5) is 22.9. The molecule has 184 valence electrons. The van der Waals surface area contributed by atoms with Crippen LogP contribution < -0.4 is 10.1 Å². The number of carbonyl (C=O) groups is 2. The standard InChI is InChI=1S/C27H23Cl2N3O4/c1-36-21-9-6-18(7-10-21)25-15-24(20-8-11-22(28)23(29)14-20)31-32(25)16-17-2-4-19(5-3-17)27(35)30-13-12-26(33)34/h2-11,14-15H,12-13,16H2,1H3,(H,30,35)(H,33,34). The van der Waals surface area contributed by atoms with E-state index in [-0.39, 0.29) is 18.9 Å². The summed E-state index contributed by atoms with van der Waals surface area (Å²) in [6.45, 7) is 0.537. The molecule has 4 rings (SSSR count). The first-order valence-electron chi connectivity index (χ1n) is 11.1. The van der Waals surface area contributed by atoms with Gasteiger partial charge in [0.2, 0.25) is 0 Å². The number of amides is 1. The smallest absolute Gasteiger partial charge is 0.305 e. The number of carbonyl (C=O) groups excluding carboxylic acids is 1. The van der Waals surface area contributed by atoms with Crippen LogP contribution in [0.1, 0.15) is 22.3 Å². The molecular weight excluding hydrogens is 501 g/mol. The minimum atomic E-state index is -0.960. The van der Waals surface area contributed by atoms with E-state index in [1.165, 1.54) is 0 Å². The molecule has 0 atom stereocenters. The van der Waals surface area contributed by atoms with Crippen LogP contribution >= 0.6 is 23.2 Å². The minimum absolute atomic E-state index is 0.0753. The maximum absolute atomic E-state index is 12.2. The molecule has 0 aliphatic heterocycles. The third kappa shape index (κ3) is 6.05. The molecule has 3 aromatic carbocycles. The maximum Gasteiger partial charge on any atom is 0.305 e. The van der Waals surface area contributed by atoms with E-state index in [2.05, 4.69) is 5.32 Å². The van der Waals surface area contributed by atoms with Gasteiger partial charge in [0.05, 0.1) is 41.5 Å². The quantitative estimate of drug-likeness (QED) is 0.289. The number of carboxylic acids is 1. The second kappa shape index (κ2) is 11.3. The number of methoxy groups -OCH3 is 1. The number of nitrogens with zero attached hydrogens (tertiary/aromatic N) is 2. The fourth-order valence-corrected chi connectivity index (χ4v) is 3.95. The summed E-state index contributed by atoms with van der Waals surface area (Å²) < 4.78 is 7.18. The number of halogens is 2. The second-order valence-electron chi connectivity index (χ2n) is 8.03. The normalized spacial score (nSPS) is 10.8. The Balaban J connectivity index is 1.61. The second-order valence-corrected chi connectivity index (χ2v) is 8.84. The molecule has 0 aliphatic carbocycles. The van der Waals surface area contributed by atoms with Crippen molar-refractivity contribution >= 4 is 35.1 Å². The zero-order valence-corrected chi connectivity index (χ0v) is 20.9. The number of hydrogen-bond acceptors (Lipinski definition) is 4. The first kappa shape index (κ1) is 25.3. The third-order valence-electron chi connectivity index (χ3n) is 5.55. The van der Waals surface area contributed by atoms with Crippen molar-refractivity contribution in [1.29, 1.82) is 0 Å². The van der Waals surface area contributed by atoms with Crippen LogP contribution in [-0.2, 0) is 11.3 Å². The molecule has 0 saturated carbocycles. The maximum atomic E-state index is 12.2. The van der Waals surface area contributed by atoms with Crippen LogP contribution in [0.5, 0.6) is 5.75 Å². The number of benzene rings is 3. The topological polar surface area (TPSA) is 93.5 Å². The summed E-state index contributed by atoms with van der Waals surface area (Å²) in [5.41, 5.74) is 4.84. The molecule has 4 aromatic rings. The molecule has 0 aliphatic rings. The molecule has 0 radical (unpaired) electrons. The van der Waals surface area contributed by atoms with Crippen molar-refractivity contribution in [2.24, 2.45) is 0 Å². The highest BCUT2D eigenvalue weighted by Crippen LogP contribution is 2.31. The Labute approximate surface area is 218 Å². The van der Waals surface area contributed by atoms with Crippen molar-refractivity contribution in [3.05, 3.63) is 94.0 Å². The molecule has 0 bridgehead atoms. The van der Waals surface area contributed by atoms with E-state index in [4.69, 9.17) is 38.1 Å². The Kier molecular flexibility index (Phi) is 7.93. The van der Waals surface area contributed by atoms with E-state index >= 15 is 0 Å². The number of aliphatic carboxylic acids is 1. The number of ether oxygens (including phenoxy) is 1. The highest BCUT2D eigenvalue weighted by Gasteiger charge is 2.14. The van der Waals surface area contributed by atoms with Gasteiger partial charge < -0.3 is 15.2 Å². The van der Waals surface area contributed by atoms with Gasteiger partial charge in [-0.05, 0) is 60.2 Å². The van der Waals surface area contributed by atoms with Crippen molar-refractivity contribution in [2.45, 2.75) is 13.0 Å². The monoisotopic (exact) mass is 523 g/mol. The molecule has 0 fully saturated rings. The van der Waals surface area contributed by atoms with Gasteiger partial charge in [0, 0.05) is 23.2 Å². The zero-order valence-electron chi connectivity index (χ0n) is 19.4. The highest BCUT2D eigenvalue weighted by molar-refractivity contribution is 6.42. The van der Waals surface area contributed by atoms with Gasteiger partial charge >= 0.3 is 5.97 Å². The Hall–Kier alpha value is -3.81. The number of hydrogen-bond donors (Lipinski definition) is 2. The fraction of sp³-hybridized carbons (Fsp3) is 0.148. The van der Waals surface area contributed by atoms with Gasteiger partial charge in [-0.3, -0.25) is 14.3 Å². The summed E-state index contributed by atoms with van der Waals surface area (Å²) in [5.74, 6) is -0.521. The molecule has 0 saturated heterocycles. The van der Waals surface area contributed by atoms with Crippen LogP contribution in [0.15, 0.2) is 72.8 Å². The molecule has 9 heteroatoms. The lowest BCUT2D eigenvalue weighted by atomic mass is 10.1. The molecule has 36 heavy (non-hydrogen) atoms. The highest BCUT2D eigenvalue weighted by atomic mass is 35.5. The Morgan fingerprint density at radius 3 is 2.28 bits per heavy atom. The summed E-state index contributed by atoms with van der Waals surface area (Å²) in [7, 11) is 1.62. The molecule has 1 aromatic heterocycles. The number of aromatic nitrogens is 2. The van der Waals surface area contributed by atoms with Gasteiger partial charge in [-0.25, -0.2) is 0 Å². The van der Waals surface area contributed by atoms with E-state index in [1.54, 1.807) is 31.4 Å². The predicted molar refractivity (Wildman–Crippen MR) is 140 cm³/mol. The van der Waals surface area contributed by atoms with Crippen molar-refractivity contribution in [2.75, 3.05) is 13.7 Å². The van der Waals surface area contributed by atoms with Gasteiger partial charge in [-0.1, -0.05) is 41.4 Å². The number of nitrogens with one attached hydrogen (secondary N) is 1. The first-order valence-corrected chi connectivity index (χ1v) is 11.9.